The summed E-state index contributed by atoms with van der Waals surface area (Å²) in [6.07, 6.45) is 3.78. The van der Waals surface area contributed by atoms with Crippen molar-refractivity contribution in [3.63, 3.8) is 0 Å². The van der Waals surface area contributed by atoms with Crippen molar-refractivity contribution in [2.45, 2.75) is 13.8 Å². The lowest BCUT2D eigenvalue weighted by Crippen LogP contribution is -2.48. The zero-order chi connectivity index (χ0) is 18.7. The summed E-state index contributed by atoms with van der Waals surface area (Å²) < 4.78 is 0. The fourth-order valence-corrected chi connectivity index (χ4v) is 3.27. The SMILES string of the molecule is Cc1cc(C)c(Nc2cnc(C(=O)N3CCN(C=O)CC3)cn2)c(Cl)c1. The molecule has 136 valence electrons. The number of carbonyl (C=O) groups is 2. The number of amides is 2. The van der Waals surface area contributed by atoms with Gasteiger partial charge < -0.3 is 15.1 Å². The monoisotopic (exact) mass is 373 g/mol. The van der Waals surface area contributed by atoms with Gasteiger partial charge in [-0.25, -0.2) is 9.97 Å². The summed E-state index contributed by atoms with van der Waals surface area (Å²) >= 11 is 6.29. The van der Waals surface area contributed by atoms with Crippen LogP contribution in [0.15, 0.2) is 24.5 Å². The molecule has 0 unspecified atom stereocenters. The number of nitrogens with zero attached hydrogens (tertiary/aromatic N) is 4. The first-order valence-corrected chi connectivity index (χ1v) is 8.70. The first-order valence-electron chi connectivity index (χ1n) is 8.32. The van der Waals surface area contributed by atoms with Gasteiger partial charge in [-0.05, 0) is 31.0 Å². The summed E-state index contributed by atoms with van der Waals surface area (Å²) in [5, 5.41) is 3.76. The first-order chi connectivity index (χ1) is 12.5. The maximum Gasteiger partial charge on any atom is 0.274 e. The lowest BCUT2D eigenvalue weighted by molar-refractivity contribution is -0.119. The quantitative estimate of drug-likeness (QED) is 0.832. The van der Waals surface area contributed by atoms with Gasteiger partial charge in [0, 0.05) is 26.2 Å². The van der Waals surface area contributed by atoms with Crippen LogP contribution in [0.25, 0.3) is 0 Å². The molecule has 0 atom stereocenters. The number of aromatic nitrogens is 2. The number of benzene rings is 1. The minimum Gasteiger partial charge on any atom is -0.342 e. The topological polar surface area (TPSA) is 78.4 Å². The first kappa shape index (κ1) is 18.1. The molecule has 1 aliphatic heterocycles. The van der Waals surface area contributed by atoms with Gasteiger partial charge in [0.1, 0.15) is 11.5 Å². The molecule has 1 saturated heterocycles. The van der Waals surface area contributed by atoms with Crippen molar-refractivity contribution < 1.29 is 9.59 Å². The molecule has 1 aromatic carbocycles. The second kappa shape index (κ2) is 7.70. The van der Waals surface area contributed by atoms with Gasteiger partial charge in [-0.2, -0.15) is 0 Å². The van der Waals surface area contributed by atoms with E-state index in [9.17, 15) is 9.59 Å². The molecule has 2 heterocycles. The predicted molar refractivity (Wildman–Crippen MR) is 99.8 cm³/mol. The summed E-state index contributed by atoms with van der Waals surface area (Å²) in [7, 11) is 0. The number of aryl methyl sites for hydroxylation is 2. The Hall–Kier alpha value is -2.67. The third-order valence-electron chi connectivity index (χ3n) is 4.31. The lowest BCUT2D eigenvalue weighted by Gasteiger charge is -2.32. The van der Waals surface area contributed by atoms with Gasteiger partial charge >= 0.3 is 0 Å². The van der Waals surface area contributed by atoms with Crippen LogP contribution in [-0.4, -0.2) is 58.3 Å². The van der Waals surface area contributed by atoms with Crippen molar-refractivity contribution in [3.8, 4) is 0 Å². The summed E-state index contributed by atoms with van der Waals surface area (Å²) in [5.74, 6) is 0.334. The molecule has 1 aliphatic rings. The summed E-state index contributed by atoms with van der Waals surface area (Å²) in [4.78, 5) is 35.1. The molecule has 1 N–H and O–H groups in total. The van der Waals surface area contributed by atoms with Gasteiger partial charge in [-0.1, -0.05) is 17.7 Å². The molecule has 3 rings (SSSR count). The number of nitrogens with one attached hydrogen (secondary N) is 1. The van der Waals surface area contributed by atoms with E-state index in [2.05, 4.69) is 15.3 Å². The molecule has 0 aliphatic carbocycles. The van der Waals surface area contributed by atoms with Crippen molar-refractivity contribution in [1.82, 2.24) is 19.8 Å². The Morgan fingerprint density at radius 3 is 2.46 bits per heavy atom. The number of hydrogen-bond donors (Lipinski definition) is 1. The third kappa shape index (κ3) is 3.94. The standard InChI is InChI=1S/C18H20ClN5O2/c1-12-7-13(2)17(14(19)8-12)22-16-10-20-15(9-21-16)18(26)24-5-3-23(11-25)4-6-24/h7-11H,3-6H2,1-2H3,(H,21,22). The van der Waals surface area contributed by atoms with E-state index in [0.29, 0.717) is 37.0 Å². The van der Waals surface area contributed by atoms with Gasteiger partial charge in [0.15, 0.2) is 0 Å². The molecule has 0 radical (unpaired) electrons. The van der Waals surface area contributed by atoms with Crippen LogP contribution in [0.5, 0.6) is 0 Å². The highest BCUT2D eigenvalue weighted by molar-refractivity contribution is 6.33. The second-order valence-corrected chi connectivity index (χ2v) is 6.69. The van der Waals surface area contributed by atoms with Crippen molar-refractivity contribution in [2.75, 3.05) is 31.5 Å². The molecule has 8 heteroatoms. The van der Waals surface area contributed by atoms with Gasteiger partial charge in [-0.15, -0.1) is 0 Å². The second-order valence-electron chi connectivity index (χ2n) is 6.28. The minimum atomic E-state index is -0.181. The number of rotatable bonds is 4. The van der Waals surface area contributed by atoms with Crippen molar-refractivity contribution in [3.05, 3.63) is 46.4 Å². The summed E-state index contributed by atoms with van der Waals surface area (Å²) in [5.41, 5.74) is 3.14. The number of halogens is 1. The van der Waals surface area contributed by atoms with Crippen LogP contribution in [0.3, 0.4) is 0 Å². The highest BCUT2D eigenvalue weighted by Crippen LogP contribution is 2.29. The zero-order valence-electron chi connectivity index (χ0n) is 14.7. The Kier molecular flexibility index (Phi) is 5.37. The molecule has 2 aromatic rings. The van der Waals surface area contributed by atoms with Crippen molar-refractivity contribution >= 4 is 35.4 Å². The molecule has 26 heavy (non-hydrogen) atoms. The number of carbonyl (C=O) groups excluding carboxylic acids is 2. The Labute approximate surface area is 157 Å². The normalized spacial score (nSPS) is 14.3. The smallest absolute Gasteiger partial charge is 0.274 e. The van der Waals surface area contributed by atoms with Crippen LogP contribution < -0.4 is 5.32 Å². The van der Waals surface area contributed by atoms with Crippen molar-refractivity contribution in [2.24, 2.45) is 0 Å². The average molecular weight is 374 g/mol. The molecule has 1 fully saturated rings. The fraction of sp³-hybridized carbons (Fsp3) is 0.333. The highest BCUT2D eigenvalue weighted by Gasteiger charge is 2.22. The maximum atomic E-state index is 12.5. The Morgan fingerprint density at radius 2 is 1.88 bits per heavy atom. The van der Waals surface area contributed by atoms with Gasteiger partial charge in [0.05, 0.1) is 23.1 Å². The van der Waals surface area contributed by atoms with Gasteiger partial charge in [-0.3, -0.25) is 9.59 Å². The number of hydrogen-bond acceptors (Lipinski definition) is 5. The van der Waals surface area contributed by atoms with Gasteiger partial charge in [0.25, 0.3) is 5.91 Å². The van der Waals surface area contributed by atoms with E-state index in [0.717, 1.165) is 23.2 Å². The van der Waals surface area contributed by atoms with Crippen LogP contribution in [-0.2, 0) is 4.79 Å². The molecular weight excluding hydrogens is 354 g/mol. The van der Waals surface area contributed by atoms with Crippen LogP contribution in [0.2, 0.25) is 5.02 Å². The lowest BCUT2D eigenvalue weighted by atomic mass is 10.1. The van der Waals surface area contributed by atoms with Crippen LogP contribution in [0, 0.1) is 13.8 Å². The molecule has 0 saturated carbocycles. The van der Waals surface area contributed by atoms with E-state index in [4.69, 9.17) is 11.6 Å². The van der Waals surface area contributed by atoms with E-state index in [1.807, 2.05) is 26.0 Å². The van der Waals surface area contributed by atoms with Crippen molar-refractivity contribution in [1.29, 1.82) is 0 Å². The van der Waals surface area contributed by atoms with Gasteiger partial charge in [0.2, 0.25) is 6.41 Å². The number of piperazine rings is 1. The third-order valence-corrected chi connectivity index (χ3v) is 4.60. The molecule has 0 bridgehead atoms. The average Bonchev–Trinajstić information content (AvgIpc) is 2.64. The minimum absolute atomic E-state index is 0.181. The molecular formula is C18H20ClN5O2. The highest BCUT2D eigenvalue weighted by atomic mass is 35.5. The zero-order valence-corrected chi connectivity index (χ0v) is 15.5. The van der Waals surface area contributed by atoms with Crippen LogP contribution in [0.4, 0.5) is 11.5 Å². The van der Waals surface area contributed by atoms with Crippen LogP contribution in [0.1, 0.15) is 21.6 Å². The van der Waals surface area contributed by atoms with E-state index in [-0.39, 0.29) is 11.6 Å². The molecule has 7 nitrogen and oxygen atoms in total. The van der Waals surface area contributed by atoms with E-state index in [1.165, 1.54) is 12.4 Å². The van der Waals surface area contributed by atoms with Crippen LogP contribution >= 0.6 is 11.6 Å². The Morgan fingerprint density at radius 1 is 1.15 bits per heavy atom. The van der Waals surface area contributed by atoms with E-state index in [1.54, 1.807) is 9.80 Å². The predicted octanol–water partition coefficient (Wildman–Crippen LogP) is 2.40. The Bertz CT molecular complexity index is 794. The molecule has 2 amide bonds. The Balaban J connectivity index is 1.69. The fourth-order valence-electron chi connectivity index (χ4n) is 2.90. The summed E-state index contributed by atoms with van der Waals surface area (Å²) in [6, 6.07) is 3.90. The van der Waals surface area contributed by atoms with E-state index < -0.39 is 0 Å². The molecule has 0 spiro atoms. The number of anilines is 2. The largest absolute Gasteiger partial charge is 0.342 e. The molecule has 1 aromatic heterocycles. The van der Waals surface area contributed by atoms with E-state index >= 15 is 0 Å². The summed E-state index contributed by atoms with van der Waals surface area (Å²) in [6.45, 7) is 6.01. The maximum absolute atomic E-state index is 12.5.